The molecular formula is C16H22N2O. The highest BCUT2D eigenvalue weighted by Crippen LogP contribution is 2.27. The predicted molar refractivity (Wildman–Crippen MR) is 83.1 cm³/mol. The van der Waals surface area contributed by atoms with E-state index in [-0.39, 0.29) is 5.91 Å². The Labute approximate surface area is 115 Å². The number of carbonyl (C=O) groups excluding carboxylic acids is 1. The zero-order valence-electron chi connectivity index (χ0n) is 12.0. The Morgan fingerprint density at radius 3 is 2.32 bits per heavy atom. The first kappa shape index (κ1) is 15.0. The van der Waals surface area contributed by atoms with Crippen LogP contribution in [0.2, 0.25) is 0 Å². The molecule has 0 aliphatic carbocycles. The van der Waals surface area contributed by atoms with Crippen molar-refractivity contribution in [3.8, 4) is 0 Å². The summed E-state index contributed by atoms with van der Waals surface area (Å²) in [6.45, 7) is 13.6. The van der Waals surface area contributed by atoms with Crippen LogP contribution >= 0.6 is 0 Å². The van der Waals surface area contributed by atoms with Gasteiger partial charge in [-0.3, -0.25) is 4.79 Å². The third-order valence-electron chi connectivity index (χ3n) is 2.85. The van der Waals surface area contributed by atoms with Crippen molar-refractivity contribution < 1.29 is 4.79 Å². The molecule has 1 aromatic rings. The van der Waals surface area contributed by atoms with Crippen LogP contribution < -0.4 is 10.6 Å². The van der Waals surface area contributed by atoms with Crippen LogP contribution in [0.3, 0.4) is 0 Å². The Kier molecular flexibility index (Phi) is 5.37. The van der Waals surface area contributed by atoms with Crippen LogP contribution in [0.25, 0.3) is 5.57 Å². The monoisotopic (exact) mass is 258 g/mol. The number of hydrogen-bond donors (Lipinski definition) is 2. The number of amides is 1. The quantitative estimate of drug-likeness (QED) is 0.793. The molecule has 0 aliphatic rings. The molecule has 0 atom stereocenters. The van der Waals surface area contributed by atoms with E-state index in [9.17, 15) is 4.79 Å². The van der Waals surface area contributed by atoms with Crippen LogP contribution in [0.15, 0.2) is 37.1 Å². The van der Waals surface area contributed by atoms with E-state index in [4.69, 9.17) is 0 Å². The highest BCUT2D eigenvalue weighted by Gasteiger charge is 2.08. The van der Waals surface area contributed by atoms with Gasteiger partial charge in [0, 0.05) is 12.1 Å². The first-order valence-corrected chi connectivity index (χ1v) is 6.52. The Hall–Kier alpha value is -2.03. The third kappa shape index (κ3) is 4.28. The van der Waals surface area contributed by atoms with E-state index >= 15 is 0 Å². The number of rotatable bonds is 6. The lowest BCUT2D eigenvalue weighted by Crippen LogP contribution is -2.12. The number of benzene rings is 1. The van der Waals surface area contributed by atoms with Crippen molar-refractivity contribution in [1.29, 1.82) is 0 Å². The van der Waals surface area contributed by atoms with Gasteiger partial charge in [-0.1, -0.05) is 38.6 Å². The summed E-state index contributed by atoms with van der Waals surface area (Å²) in [5, 5.41) is 6.12. The van der Waals surface area contributed by atoms with Gasteiger partial charge in [-0.05, 0) is 31.0 Å². The summed E-state index contributed by atoms with van der Waals surface area (Å²) < 4.78 is 0. The molecule has 0 heterocycles. The largest absolute Gasteiger partial charge is 0.358 e. The van der Waals surface area contributed by atoms with Crippen LogP contribution in [0, 0.1) is 0 Å². The van der Waals surface area contributed by atoms with Gasteiger partial charge >= 0.3 is 0 Å². The van der Waals surface area contributed by atoms with E-state index < -0.39 is 0 Å². The van der Waals surface area contributed by atoms with Crippen molar-refractivity contribution in [3.63, 3.8) is 0 Å². The second-order valence-corrected chi connectivity index (χ2v) is 4.52. The smallest absolute Gasteiger partial charge is 0.224 e. The van der Waals surface area contributed by atoms with E-state index in [1.54, 1.807) is 0 Å². The maximum atomic E-state index is 11.6. The first-order chi connectivity index (χ1) is 8.97. The molecule has 0 bridgehead atoms. The number of allylic oxidation sites excluding steroid dienone is 2. The molecule has 1 amide bonds. The summed E-state index contributed by atoms with van der Waals surface area (Å²) in [6.07, 6.45) is 1.29. The van der Waals surface area contributed by atoms with Crippen molar-refractivity contribution in [2.45, 2.75) is 33.6 Å². The van der Waals surface area contributed by atoms with Gasteiger partial charge in [-0.2, -0.15) is 0 Å². The highest BCUT2D eigenvalue weighted by atomic mass is 16.1. The Morgan fingerprint density at radius 1 is 1.11 bits per heavy atom. The average Bonchev–Trinajstić information content (AvgIpc) is 2.39. The topological polar surface area (TPSA) is 41.1 Å². The van der Waals surface area contributed by atoms with Gasteiger partial charge in [0.2, 0.25) is 5.91 Å². The van der Waals surface area contributed by atoms with Gasteiger partial charge in [0.15, 0.2) is 0 Å². The number of hydrogen-bond acceptors (Lipinski definition) is 2. The summed E-state index contributed by atoms with van der Waals surface area (Å²) in [6, 6.07) is 5.85. The second kappa shape index (κ2) is 6.78. The van der Waals surface area contributed by atoms with E-state index in [1.807, 2.05) is 39.0 Å². The lowest BCUT2D eigenvalue weighted by molar-refractivity contribution is -0.115. The molecule has 1 rings (SSSR count). The molecule has 19 heavy (non-hydrogen) atoms. The summed E-state index contributed by atoms with van der Waals surface area (Å²) in [5.74, 6) is -0.0102. The van der Waals surface area contributed by atoms with E-state index in [1.165, 1.54) is 0 Å². The van der Waals surface area contributed by atoms with Crippen molar-refractivity contribution in [2.75, 3.05) is 10.6 Å². The fraction of sp³-hybridized carbons (Fsp3) is 0.312. The van der Waals surface area contributed by atoms with Crippen LogP contribution in [0.5, 0.6) is 0 Å². The minimum atomic E-state index is -0.0102. The molecule has 0 spiro atoms. The van der Waals surface area contributed by atoms with Crippen molar-refractivity contribution in [1.82, 2.24) is 0 Å². The highest BCUT2D eigenvalue weighted by molar-refractivity contribution is 5.95. The lowest BCUT2D eigenvalue weighted by Gasteiger charge is -2.15. The zero-order chi connectivity index (χ0) is 14.4. The minimum Gasteiger partial charge on any atom is -0.358 e. The van der Waals surface area contributed by atoms with Gasteiger partial charge in [-0.25, -0.2) is 0 Å². The van der Waals surface area contributed by atoms with Crippen LogP contribution in [0.1, 0.15) is 39.2 Å². The SMILES string of the molecule is C=C(CC)Nc1ccc(C(=C)C)cc1NC(=O)CC. The number of anilines is 2. The number of nitrogens with one attached hydrogen (secondary N) is 2. The zero-order valence-corrected chi connectivity index (χ0v) is 12.0. The van der Waals surface area contributed by atoms with E-state index in [0.717, 1.165) is 34.6 Å². The first-order valence-electron chi connectivity index (χ1n) is 6.52. The number of carbonyl (C=O) groups is 1. The molecule has 0 aromatic heterocycles. The molecule has 0 radical (unpaired) electrons. The lowest BCUT2D eigenvalue weighted by atomic mass is 10.1. The molecule has 0 unspecified atom stereocenters. The normalized spacial score (nSPS) is 9.84. The maximum Gasteiger partial charge on any atom is 0.224 e. The van der Waals surface area contributed by atoms with Crippen molar-refractivity contribution in [2.24, 2.45) is 0 Å². The fourth-order valence-corrected chi connectivity index (χ4v) is 1.54. The van der Waals surface area contributed by atoms with Gasteiger partial charge in [0.05, 0.1) is 11.4 Å². The van der Waals surface area contributed by atoms with Gasteiger partial charge in [0.1, 0.15) is 0 Å². The van der Waals surface area contributed by atoms with Crippen LogP contribution in [0.4, 0.5) is 11.4 Å². The molecular weight excluding hydrogens is 236 g/mol. The molecule has 3 heteroatoms. The molecule has 102 valence electrons. The van der Waals surface area contributed by atoms with E-state index in [2.05, 4.69) is 23.8 Å². The van der Waals surface area contributed by atoms with Gasteiger partial charge in [-0.15, -0.1) is 0 Å². The molecule has 0 aliphatic heterocycles. The van der Waals surface area contributed by atoms with Crippen molar-refractivity contribution >= 4 is 22.9 Å². The molecule has 0 saturated heterocycles. The molecule has 0 fully saturated rings. The summed E-state index contributed by atoms with van der Waals surface area (Å²) in [5.41, 5.74) is 4.52. The fourth-order valence-electron chi connectivity index (χ4n) is 1.54. The second-order valence-electron chi connectivity index (χ2n) is 4.52. The molecule has 1 aromatic carbocycles. The van der Waals surface area contributed by atoms with Gasteiger partial charge in [0.25, 0.3) is 0 Å². The standard InChI is InChI=1S/C16H22N2O/c1-6-12(5)17-14-9-8-13(11(3)4)10-15(14)18-16(19)7-2/h8-10,17H,3,5-7H2,1-2,4H3,(H,18,19). The molecule has 3 nitrogen and oxygen atoms in total. The molecule has 0 saturated carbocycles. The van der Waals surface area contributed by atoms with Gasteiger partial charge < -0.3 is 10.6 Å². The third-order valence-corrected chi connectivity index (χ3v) is 2.85. The Morgan fingerprint density at radius 2 is 1.79 bits per heavy atom. The van der Waals surface area contributed by atoms with Crippen LogP contribution in [-0.2, 0) is 4.79 Å². The molecule has 2 N–H and O–H groups in total. The Bertz CT molecular complexity index is 503. The van der Waals surface area contributed by atoms with Crippen LogP contribution in [-0.4, -0.2) is 5.91 Å². The Balaban J connectivity index is 3.10. The summed E-state index contributed by atoms with van der Waals surface area (Å²) in [4.78, 5) is 11.6. The minimum absolute atomic E-state index is 0.0102. The predicted octanol–water partition coefficient (Wildman–Crippen LogP) is 4.40. The van der Waals surface area contributed by atoms with Crippen molar-refractivity contribution in [3.05, 3.63) is 42.6 Å². The maximum absolute atomic E-state index is 11.6. The average molecular weight is 258 g/mol. The van der Waals surface area contributed by atoms with E-state index in [0.29, 0.717) is 6.42 Å². The summed E-state index contributed by atoms with van der Waals surface area (Å²) in [7, 11) is 0. The summed E-state index contributed by atoms with van der Waals surface area (Å²) >= 11 is 0.